The van der Waals surface area contributed by atoms with E-state index in [0.29, 0.717) is 11.5 Å². The topological polar surface area (TPSA) is 59.7 Å². The van der Waals surface area contributed by atoms with Gasteiger partial charge in [0.2, 0.25) is 5.76 Å². The normalized spacial score (nSPS) is 11.7. The van der Waals surface area contributed by atoms with E-state index in [-0.39, 0.29) is 12.4 Å². The molecule has 1 heterocycles. The number of furan rings is 1. The largest absolute Gasteiger partial charge is 0.486 e. The number of hydrogen-bond acceptors (Lipinski definition) is 3. The van der Waals surface area contributed by atoms with Crippen molar-refractivity contribution in [2.45, 2.75) is 13.0 Å². The lowest BCUT2D eigenvalue weighted by Gasteiger charge is -2.10. The first-order valence-corrected chi connectivity index (χ1v) is 9.44. The molecule has 0 saturated heterocycles. The third-order valence-electron chi connectivity index (χ3n) is 5.27. The van der Waals surface area contributed by atoms with Crippen molar-refractivity contribution in [2.75, 3.05) is 0 Å². The van der Waals surface area contributed by atoms with Crippen LogP contribution < -0.4 is 4.74 Å². The minimum Gasteiger partial charge on any atom is -0.486 e. The van der Waals surface area contributed by atoms with Crippen LogP contribution in [0.25, 0.3) is 22.3 Å². The Balaban J connectivity index is 1.35. The van der Waals surface area contributed by atoms with E-state index in [2.05, 4.69) is 54.6 Å². The number of benzene rings is 3. The van der Waals surface area contributed by atoms with Crippen molar-refractivity contribution in [1.82, 2.24) is 0 Å². The Morgan fingerprint density at radius 1 is 0.862 bits per heavy atom. The summed E-state index contributed by atoms with van der Waals surface area (Å²) in [5.74, 6) is 0.0130. The fourth-order valence-corrected chi connectivity index (χ4v) is 3.88. The van der Waals surface area contributed by atoms with E-state index in [4.69, 9.17) is 14.3 Å². The minimum absolute atomic E-state index is 0.0853. The van der Waals surface area contributed by atoms with Gasteiger partial charge in [-0.15, -0.1) is 0 Å². The molecular formula is C25H18O4. The van der Waals surface area contributed by atoms with Gasteiger partial charge < -0.3 is 14.3 Å². The smallest absolute Gasteiger partial charge is 0.371 e. The number of ether oxygens (including phenoxy) is 1. The molecule has 4 aromatic rings. The van der Waals surface area contributed by atoms with Gasteiger partial charge in [-0.05, 0) is 64.1 Å². The summed E-state index contributed by atoms with van der Waals surface area (Å²) in [5.41, 5.74) is 7.75. The summed E-state index contributed by atoms with van der Waals surface area (Å²) in [6.45, 7) is 0.183. The highest BCUT2D eigenvalue weighted by molar-refractivity contribution is 5.85. The van der Waals surface area contributed by atoms with Crippen LogP contribution in [-0.4, -0.2) is 11.1 Å². The summed E-state index contributed by atoms with van der Waals surface area (Å²) in [6.07, 6.45) is 0.949. The maximum absolute atomic E-state index is 10.9. The van der Waals surface area contributed by atoms with Gasteiger partial charge in [0.1, 0.15) is 18.1 Å². The molecule has 0 radical (unpaired) electrons. The molecule has 0 spiro atoms. The number of hydrogen-bond donors (Lipinski definition) is 1. The maximum Gasteiger partial charge on any atom is 0.371 e. The molecule has 1 aromatic heterocycles. The molecule has 1 aliphatic carbocycles. The number of carboxylic acid groups (broad SMARTS) is 1. The highest BCUT2D eigenvalue weighted by Gasteiger charge is 2.20. The van der Waals surface area contributed by atoms with Crippen LogP contribution in [0.4, 0.5) is 0 Å². The van der Waals surface area contributed by atoms with Gasteiger partial charge in [0.15, 0.2) is 0 Å². The van der Waals surface area contributed by atoms with E-state index in [9.17, 15) is 4.79 Å². The summed E-state index contributed by atoms with van der Waals surface area (Å²) >= 11 is 0. The molecule has 0 atom stereocenters. The molecule has 142 valence electrons. The Kier molecular flexibility index (Phi) is 4.17. The Hall–Kier alpha value is -3.79. The van der Waals surface area contributed by atoms with Crippen molar-refractivity contribution in [3.8, 4) is 28.0 Å². The van der Waals surface area contributed by atoms with Gasteiger partial charge in [0.05, 0.1) is 0 Å². The Bertz CT molecular complexity index is 1200. The van der Waals surface area contributed by atoms with E-state index in [1.807, 2.05) is 12.1 Å². The van der Waals surface area contributed by atoms with Gasteiger partial charge >= 0.3 is 5.97 Å². The first-order valence-electron chi connectivity index (χ1n) is 9.44. The van der Waals surface area contributed by atoms with E-state index in [0.717, 1.165) is 12.0 Å². The maximum atomic E-state index is 10.9. The average molecular weight is 382 g/mol. The van der Waals surface area contributed by atoms with Crippen LogP contribution in [-0.2, 0) is 13.0 Å². The van der Waals surface area contributed by atoms with Crippen molar-refractivity contribution in [3.05, 3.63) is 102 Å². The minimum atomic E-state index is -1.09. The van der Waals surface area contributed by atoms with Crippen LogP contribution in [0.5, 0.6) is 5.75 Å². The predicted octanol–water partition coefficient (Wildman–Crippen LogP) is 5.80. The lowest BCUT2D eigenvalue weighted by Crippen LogP contribution is -1.95. The fourth-order valence-electron chi connectivity index (χ4n) is 3.88. The van der Waals surface area contributed by atoms with Gasteiger partial charge in [0.25, 0.3) is 0 Å². The summed E-state index contributed by atoms with van der Waals surface area (Å²) in [7, 11) is 0. The van der Waals surface area contributed by atoms with Crippen LogP contribution in [0.3, 0.4) is 0 Å². The van der Waals surface area contributed by atoms with Gasteiger partial charge in [-0.25, -0.2) is 4.79 Å². The number of carboxylic acids is 1. The number of fused-ring (bicyclic) bond motifs is 3. The molecule has 0 fully saturated rings. The van der Waals surface area contributed by atoms with Gasteiger partial charge in [-0.2, -0.15) is 0 Å². The molecule has 3 aromatic carbocycles. The van der Waals surface area contributed by atoms with Crippen molar-refractivity contribution in [3.63, 3.8) is 0 Å². The highest BCUT2D eigenvalue weighted by Crippen LogP contribution is 2.41. The third-order valence-corrected chi connectivity index (χ3v) is 5.27. The van der Waals surface area contributed by atoms with E-state index < -0.39 is 5.97 Å². The molecule has 0 aliphatic heterocycles. The molecule has 1 N–H and O–H groups in total. The van der Waals surface area contributed by atoms with E-state index in [1.54, 1.807) is 6.07 Å². The molecule has 5 rings (SSSR count). The van der Waals surface area contributed by atoms with Crippen molar-refractivity contribution in [2.24, 2.45) is 0 Å². The second kappa shape index (κ2) is 6.99. The van der Waals surface area contributed by atoms with Crippen molar-refractivity contribution in [1.29, 1.82) is 0 Å². The molecule has 0 bridgehead atoms. The number of aromatic carboxylic acids is 1. The predicted molar refractivity (Wildman–Crippen MR) is 110 cm³/mol. The quantitative estimate of drug-likeness (QED) is 0.418. The van der Waals surface area contributed by atoms with Crippen LogP contribution >= 0.6 is 0 Å². The summed E-state index contributed by atoms with van der Waals surface area (Å²) < 4.78 is 10.9. The Labute approximate surface area is 168 Å². The lowest BCUT2D eigenvalue weighted by molar-refractivity contribution is 0.0658. The Morgan fingerprint density at radius 2 is 1.62 bits per heavy atom. The summed E-state index contributed by atoms with van der Waals surface area (Å²) in [6, 6.07) is 26.0. The standard InChI is InChI=1S/C25H18O4/c26-25(27)24-13-12-19(29-24)15-28-18-10-8-16(9-11-18)20-6-3-7-22-21-5-2-1-4-17(21)14-23(20)22/h1-13H,14-15H2,(H,26,27). The third kappa shape index (κ3) is 3.19. The zero-order chi connectivity index (χ0) is 19.8. The van der Waals surface area contributed by atoms with Crippen molar-refractivity contribution >= 4 is 5.97 Å². The van der Waals surface area contributed by atoms with E-state index in [1.165, 1.54) is 33.9 Å². The van der Waals surface area contributed by atoms with Crippen LogP contribution in [0.1, 0.15) is 27.4 Å². The number of rotatable bonds is 5. The van der Waals surface area contributed by atoms with Crippen LogP contribution in [0.2, 0.25) is 0 Å². The molecule has 0 unspecified atom stereocenters. The van der Waals surface area contributed by atoms with Gasteiger partial charge in [-0.1, -0.05) is 54.6 Å². The molecule has 29 heavy (non-hydrogen) atoms. The van der Waals surface area contributed by atoms with Crippen LogP contribution in [0, 0.1) is 0 Å². The zero-order valence-electron chi connectivity index (χ0n) is 15.6. The molecular weight excluding hydrogens is 364 g/mol. The monoisotopic (exact) mass is 382 g/mol. The van der Waals surface area contributed by atoms with E-state index >= 15 is 0 Å². The summed E-state index contributed by atoms with van der Waals surface area (Å²) in [5, 5.41) is 8.91. The van der Waals surface area contributed by atoms with Crippen LogP contribution in [0.15, 0.2) is 83.3 Å². The Morgan fingerprint density at radius 3 is 2.41 bits per heavy atom. The molecule has 4 nitrogen and oxygen atoms in total. The summed E-state index contributed by atoms with van der Waals surface area (Å²) in [4.78, 5) is 10.9. The highest BCUT2D eigenvalue weighted by atomic mass is 16.5. The fraction of sp³-hybridized carbons (Fsp3) is 0.0800. The zero-order valence-corrected chi connectivity index (χ0v) is 15.6. The van der Waals surface area contributed by atoms with Gasteiger partial charge in [0, 0.05) is 0 Å². The molecule has 0 saturated carbocycles. The average Bonchev–Trinajstić information content (AvgIpc) is 3.37. The molecule has 4 heteroatoms. The second-order valence-corrected chi connectivity index (χ2v) is 7.05. The first kappa shape index (κ1) is 17.3. The first-order chi connectivity index (χ1) is 14.2. The molecule has 0 amide bonds. The van der Waals surface area contributed by atoms with Gasteiger partial charge in [-0.3, -0.25) is 0 Å². The number of carbonyl (C=O) groups is 1. The SMILES string of the molecule is O=C(O)c1ccc(COc2ccc(-c3cccc4c3Cc3ccccc3-4)cc2)o1. The molecule has 1 aliphatic rings. The second-order valence-electron chi connectivity index (χ2n) is 7.05. The van der Waals surface area contributed by atoms with Crippen molar-refractivity contribution < 1.29 is 19.1 Å². The lowest BCUT2D eigenvalue weighted by atomic mass is 9.96.